The van der Waals surface area contributed by atoms with Gasteiger partial charge in [-0.1, -0.05) is 6.07 Å². The molecule has 20 heavy (non-hydrogen) atoms. The molecule has 2 aliphatic heterocycles. The van der Waals surface area contributed by atoms with E-state index in [9.17, 15) is 13.6 Å². The van der Waals surface area contributed by atoms with Gasteiger partial charge in [-0.15, -0.1) is 0 Å². The second-order valence-electron chi connectivity index (χ2n) is 5.73. The standard InChI is InChI=1S/C15H18F2N2O/c1-9-4-5-11(16)13(14(9)17)15(20)19-7-10-3-2-6-18-12(10)8-19/h4-5,10,12,18H,2-3,6-8H2,1H3. The maximum atomic E-state index is 14.0. The van der Waals surface area contributed by atoms with Crippen molar-refractivity contribution in [2.75, 3.05) is 19.6 Å². The van der Waals surface area contributed by atoms with Gasteiger partial charge >= 0.3 is 0 Å². The topological polar surface area (TPSA) is 32.3 Å². The maximum absolute atomic E-state index is 14.0. The van der Waals surface area contributed by atoms with Crippen LogP contribution in [0.25, 0.3) is 0 Å². The molecule has 3 nitrogen and oxygen atoms in total. The quantitative estimate of drug-likeness (QED) is 0.854. The second kappa shape index (κ2) is 5.13. The molecule has 1 amide bonds. The number of rotatable bonds is 1. The molecule has 1 N–H and O–H groups in total. The van der Waals surface area contributed by atoms with Crippen molar-refractivity contribution < 1.29 is 13.6 Å². The van der Waals surface area contributed by atoms with E-state index in [2.05, 4.69) is 5.32 Å². The molecule has 2 aliphatic rings. The molecule has 2 saturated heterocycles. The molecule has 2 unspecified atom stereocenters. The van der Waals surface area contributed by atoms with Crippen molar-refractivity contribution in [3.05, 3.63) is 34.9 Å². The molecule has 0 aromatic heterocycles. The van der Waals surface area contributed by atoms with Crippen molar-refractivity contribution in [2.24, 2.45) is 5.92 Å². The second-order valence-corrected chi connectivity index (χ2v) is 5.73. The predicted molar refractivity (Wildman–Crippen MR) is 71.5 cm³/mol. The number of fused-ring (bicyclic) bond motifs is 1. The predicted octanol–water partition coefficient (Wildman–Crippen LogP) is 2.10. The molecule has 0 spiro atoms. The summed E-state index contributed by atoms with van der Waals surface area (Å²) < 4.78 is 27.8. The van der Waals surface area contributed by atoms with Crippen molar-refractivity contribution in [1.29, 1.82) is 0 Å². The lowest BCUT2D eigenvalue weighted by molar-refractivity contribution is 0.0775. The van der Waals surface area contributed by atoms with Gasteiger partial charge in [-0.3, -0.25) is 4.79 Å². The Kier molecular flexibility index (Phi) is 3.46. The van der Waals surface area contributed by atoms with E-state index in [1.165, 1.54) is 13.0 Å². The van der Waals surface area contributed by atoms with Crippen LogP contribution >= 0.6 is 0 Å². The number of carbonyl (C=O) groups is 1. The van der Waals surface area contributed by atoms with Crippen LogP contribution in [0.5, 0.6) is 0 Å². The molecule has 0 saturated carbocycles. The summed E-state index contributed by atoms with van der Waals surface area (Å²) in [5.74, 6) is -1.64. The van der Waals surface area contributed by atoms with Gasteiger partial charge in [-0.25, -0.2) is 8.78 Å². The van der Waals surface area contributed by atoms with Gasteiger partial charge in [0.05, 0.1) is 0 Å². The lowest BCUT2D eigenvalue weighted by atomic mass is 9.94. The fourth-order valence-electron chi connectivity index (χ4n) is 3.22. The molecule has 0 aliphatic carbocycles. The maximum Gasteiger partial charge on any atom is 0.259 e. The lowest BCUT2D eigenvalue weighted by Crippen LogP contribution is -2.41. The number of carbonyl (C=O) groups excluding carboxylic acids is 1. The molecule has 2 fully saturated rings. The average Bonchev–Trinajstić information content (AvgIpc) is 2.87. The van der Waals surface area contributed by atoms with Crippen LogP contribution in [0.3, 0.4) is 0 Å². The molecule has 108 valence electrons. The smallest absolute Gasteiger partial charge is 0.259 e. The Morgan fingerprint density at radius 1 is 1.35 bits per heavy atom. The van der Waals surface area contributed by atoms with E-state index in [-0.39, 0.29) is 6.04 Å². The fourth-order valence-corrected chi connectivity index (χ4v) is 3.22. The minimum Gasteiger partial charge on any atom is -0.337 e. The highest BCUT2D eigenvalue weighted by Crippen LogP contribution is 2.27. The van der Waals surface area contributed by atoms with Crippen LogP contribution in [0.1, 0.15) is 28.8 Å². The normalized spacial score (nSPS) is 25.6. The highest BCUT2D eigenvalue weighted by molar-refractivity contribution is 5.95. The number of benzene rings is 1. The minimum atomic E-state index is -0.777. The van der Waals surface area contributed by atoms with E-state index >= 15 is 0 Å². The Morgan fingerprint density at radius 3 is 2.90 bits per heavy atom. The summed E-state index contributed by atoms with van der Waals surface area (Å²) in [5.41, 5.74) is -0.117. The van der Waals surface area contributed by atoms with E-state index in [0.717, 1.165) is 25.5 Å². The van der Waals surface area contributed by atoms with Crippen molar-refractivity contribution >= 4 is 5.91 Å². The van der Waals surface area contributed by atoms with Gasteiger partial charge < -0.3 is 10.2 Å². The molecule has 0 radical (unpaired) electrons. The first kappa shape index (κ1) is 13.5. The minimum absolute atomic E-state index is 0.267. The van der Waals surface area contributed by atoms with Crippen LogP contribution in [0.4, 0.5) is 8.78 Å². The van der Waals surface area contributed by atoms with Gasteiger partial charge in [0.1, 0.15) is 17.2 Å². The molecule has 1 aromatic rings. The summed E-state index contributed by atoms with van der Waals surface area (Å²) in [6, 6.07) is 2.78. The van der Waals surface area contributed by atoms with E-state index in [1.807, 2.05) is 0 Å². The third-order valence-corrected chi connectivity index (χ3v) is 4.38. The zero-order valence-corrected chi connectivity index (χ0v) is 11.5. The van der Waals surface area contributed by atoms with Gasteiger partial charge in [0.15, 0.2) is 0 Å². The van der Waals surface area contributed by atoms with Crippen LogP contribution in [0.2, 0.25) is 0 Å². The average molecular weight is 280 g/mol. The number of likely N-dealkylation sites (tertiary alicyclic amines) is 1. The Labute approximate surface area is 117 Å². The number of hydrogen-bond donors (Lipinski definition) is 1. The summed E-state index contributed by atoms with van der Waals surface area (Å²) in [6.07, 6.45) is 2.16. The summed E-state index contributed by atoms with van der Waals surface area (Å²) in [4.78, 5) is 14.0. The van der Waals surface area contributed by atoms with Crippen LogP contribution in [0, 0.1) is 24.5 Å². The summed E-state index contributed by atoms with van der Waals surface area (Å²) in [7, 11) is 0. The van der Waals surface area contributed by atoms with E-state index in [0.29, 0.717) is 24.6 Å². The van der Waals surface area contributed by atoms with Crippen LogP contribution in [-0.4, -0.2) is 36.5 Å². The number of nitrogens with one attached hydrogen (secondary N) is 1. The molecular weight excluding hydrogens is 262 g/mol. The van der Waals surface area contributed by atoms with Crippen molar-refractivity contribution in [1.82, 2.24) is 10.2 Å². The first-order valence-electron chi connectivity index (χ1n) is 7.05. The lowest BCUT2D eigenvalue weighted by Gasteiger charge is -2.24. The monoisotopic (exact) mass is 280 g/mol. The summed E-state index contributed by atoms with van der Waals surface area (Å²) >= 11 is 0. The molecule has 5 heteroatoms. The van der Waals surface area contributed by atoms with Gasteiger partial charge in [0.25, 0.3) is 5.91 Å². The first-order chi connectivity index (χ1) is 9.58. The Bertz CT molecular complexity index is 533. The van der Waals surface area contributed by atoms with Crippen molar-refractivity contribution in [3.63, 3.8) is 0 Å². The Balaban J connectivity index is 1.85. The van der Waals surface area contributed by atoms with E-state index < -0.39 is 23.1 Å². The number of nitrogens with zero attached hydrogens (tertiary/aromatic N) is 1. The molecule has 2 heterocycles. The number of hydrogen-bond acceptors (Lipinski definition) is 2. The SMILES string of the molecule is Cc1ccc(F)c(C(=O)N2CC3CCCNC3C2)c1F. The van der Waals surface area contributed by atoms with Crippen LogP contribution in [0.15, 0.2) is 12.1 Å². The number of halogens is 2. The molecular formula is C15H18F2N2O. The third-order valence-electron chi connectivity index (χ3n) is 4.38. The van der Waals surface area contributed by atoms with Gasteiger partial charge in [0, 0.05) is 19.1 Å². The third kappa shape index (κ3) is 2.20. The molecule has 2 atom stereocenters. The zero-order chi connectivity index (χ0) is 14.3. The van der Waals surface area contributed by atoms with Gasteiger partial charge in [0.2, 0.25) is 0 Å². The van der Waals surface area contributed by atoms with Gasteiger partial charge in [-0.2, -0.15) is 0 Å². The highest BCUT2D eigenvalue weighted by atomic mass is 19.1. The zero-order valence-electron chi connectivity index (χ0n) is 11.5. The van der Waals surface area contributed by atoms with Crippen molar-refractivity contribution in [2.45, 2.75) is 25.8 Å². The van der Waals surface area contributed by atoms with Crippen LogP contribution < -0.4 is 5.32 Å². The Morgan fingerprint density at radius 2 is 2.15 bits per heavy atom. The summed E-state index contributed by atoms with van der Waals surface area (Å²) in [5, 5.41) is 3.38. The van der Waals surface area contributed by atoms with E-state index in [4.69, 9.17) is 0 Å². The largest absolute Gasteiger partial charge is 0.337 e. The van der Waals surface area contributed by atoms with Crippen molar-refractivity contribution in [3.8, 4) is 0 Å². The molecule has 1 aromatic carbocycles. The number of aryl methyl sites for hydroxylation is 1. The van der Waals surface area contributed by atoms with Crippen LogP contribution in [-0.2, 0) is 0 Å². The number of amides is 1. The van der Waals surface area contributed by atoms with Gasteiger partial charge in [-0.05, 0) is 43.9 Å². The number of piperidine rings is 1. The summed E-state index contributed by atoms with van der Waals surface area (Å²) in [6.45, 7) is 3.62. The Hall–Kier alpha value is -1.49. The molecule has 0 bridgehead atoms. The van der Waals surface area contributed by atoms with E-state index in [1.54, 1.807) is 4.90 Å². The molecule has 3 rings (SSSR count). The highest BCUT2D eigenvalue weighted by Gasteiger charge is 2.38. The fraction of sp³-hybridized carbons (Fsp3) is 0.533. The first-order valence-corrected chi connectivity index (χ1v) is 7.05.